The molecule has 1 aromatic carbocycles. The summed E-state index contributed by atoms with van der Waals surface area (Å²) in [4.78, 5) is 19.9. The van der Waals surface area contributed by atoms with E-state index in [9.17, 15) is 4.79 Å². The molecule has 2 heterocycles. The van der Waals surface area contributed by atoms with Crippen molar-refractivity contribution in [2.45, 2.75) is 64.1 Å². The number of piperidine rings is 1. The number of aryl methyl sites for hydroxylation is 1. The molecule has 0 unspecified atom stereocenters. The van der Waals surface area contributed by atoms with Crippen molar-refractivity contribution in [1.29, 1.82) is 0 Å². The zero-order valence-corrected chi connectivity index (χ0v) is 18.7. The molecule has 1 aliphatic carbocycles. The van der Waals surface area contributed by atoms with Gasteiger partial charge in [-0.25, -0.2) is 4.98 Å². The van der Waals surface area contributed by atoms with Crippen molar-refractivity contribution >= 4 is 17.2 Å². The van der Waals surface area contributed by atoms with Gasteiger partial charge in [-0.15, -0.1) is 11.3 Å². The highest BCUT2D eigenvalue weighted by molar-refractivity contribution is 7.09. The van der Waals surface area contributed by atoms with Crippen LogP contribution >= 0.6 is 11.3 Å². The van der Waals surface area contributed by atoms with E-state index < -0.39 is 0 Å². The van der Waals surface area contributed by atoms with Crippen molar-refractivity contribution in [3.05, 3.63) is 39.8 Å². The number of thiazole rings is 1. The van der Waals surface area contributed by atoms with E-state index in [0.717, 1.165) is 42.7 Å². The van der Waals surface area contributed by atoms with Gasteiger partial charge in [0.1, 0.15) is 22.6 Å². The number of amides is 1. The molecule has 0 radical (unpaired) electrons. The Morgan fingerprint density at radius 1 is 1.23 bits per heavy atom. The fourth-order valence-corrected chi connectivity index (χ4v) is 5.17. The zero-order chi connectivity index (χ0) is 20.9. The molecule has 2 aromatic rings. The minimum Gasteiger partial charge on any atom is -0.497 e. The van der Waals surface area contributed by atoms with Gasteiger partial charge < -0.3 is 19.7 Å². The van der Waals surface area contributed by atoms with Gasteiger partial charge in [-0.05, 0) is 50.8 Å². The number of hydrogen-bond acceptors (Lipinski definition) is 6. The summed E-state index contributed by atoms with van der Waals surface area (Å²) in [6, 6.07) is 6.22. The average Bonchev–Trinajstić information content (AvgIpc) is 3.45. The normalized spacial score (nSPS) is 18.5. The zero-order valence-electron chi connectivity index (χ0n) is 17.9. The Balaban J connectivity index is 1.39. The van der Waals surface area contributed by atoms with Crippen LogP contribution in [0.4, 0.5) is 0 Å². The number of aromatic nitrogens is 1. The van der Waals surface area contributed by atoms with E-state index >= 15 is 0 Å². The second-order valence-electron chi connectivity index (χ2n) is 8.22. The smallest absolute Gasteiger partial charge is 0.255 e. The summed E-state index contributed by atoms with van der Waals surface area (Å²) in [5, 5.41) is 5.85. The molecule has 0 atom stereocenters. The highest BCUT2D eigenvalue weighted by atomic mass is 32.1. The molecule has 0 bridgehead atoms. The number of carbonyl (C=O) groups is 1. The number of hydrogen-bond donors (Lipinski definition) is 1. The van der Waals surface area contributed by atoms with Crippen LogP contribution in [-0.4, -0.2) is 48.1 Å². The number of rotatable bonds is 7. The lowest BCUT2D eigenvalue weighted by Crippen LogP contribution is -2.43. The van der Waals surface area contributed by atoms with Crippen molar-refractivity contribution in [3.8, 4) is 11.5 Å². The van der Waals surface area contributed by atoms with Gasteiger partial charge in [-0.1, -0.05) is 12.8 Å². The van der Waals surface area contributed by atoms with Gasteiger partial charge in [0.25, 0.3) is 5.91 Å². The van der Waals surface area contributed by atoms with Crippen LogP contribution < -0.4 is 14.8 Å². The summed E-state index contributed by atoms with van der Waals surface area (Å²) in [6.07, 6.45) is 7.56. The Bertz CT molecular complexity index is 855. The van der Waals surface area contributed by atoms with Gasteiger partial charge in [-0.2, -0.15) is 0 Å². The molecule has 2 fully saturated rings. The maximum atomic E-state index is 12.9. The maximum absolute atomic E-state index is 12.9. The first-order valence-corrected chi connectivity index (χ1v) is 11.8. The summed E-state index contributed by atoms with van der Waals surface area (Å²) in [5.41, 5.74) is 1.49. The first kappa shape index (κ1) is 21.1. The van der Waals surface area contributed by atoms with Gasteiger partial charge in [0.15, 0.2) is 0 Å². The molecule has 4 rings (SSSR count). The number of nitrogens with zero attached hydrogens (tertiary/aromatic N) is 2. The minimum absolute atomic E-state index is 0.143. The largest absolute Gasteiger partial charge is 0.497 e. The highest BCUT2D eigenvalue weighted by Crippen LogP contribution is 2.30. The van der Waals surface area contributed by atoms with Crippen molar-refractivity contribution in [1.82, 2.24) is 15.2 Å². The minimum atomic E-state index is -0.167. The lowest BCUT2D eigenvalue weighted by molar-refractivity contribution is 0.0749. The molecule has 0 spiro atoms. The number of nitrogens with one attached hydrogen (secondary N) is 1. The highest BCUT2D eigenvalue weighted by Gasteiger charge is 2.28. The van der Waals surface area contributed by atoms with Crippen molar-refractivity contribution in [2.24, 2.45) is 0 Å². The van der Waals surface area contributed by atoms with E-state index in [2.05, 4.69) is 15.2 Å². The van der Waals surface area contributed by atoms with E-state index in [-0.39, 0.29) is 12.0 Å². The molecule has 2 aliphatic rings. The molecule has 1 saturated carbocycles. The van der Waals surface area contributed by atoms with E-state index in [1.165, 1.54) is 25.7 Å². The van der Waals surface area contributed by atoms with Crippen LogP contribution in [0, 0.1) is 6.92 Å². The molecule has 1 N–H and O–H groups in total. The molecule has 6 nitrogen and oxygen atoms in total. The van der Waals surface area contributed by atoms with Gasteiger partial charge in [0.05, 0.1) is 19.2 Å². The standard InChI is InChI=1S/C23H31N3O3S/c1-16-15-30-22(25-16)14-24-23(27)20-13-19(28-2)7-8-21(20)29-18-9-11-26(12-10-18)17-5-3-4-6-17/h7-8,13,15,17-18H,3-6,9-12,14H2,1-2H3,(H,24,27). The Labute approximate surface area is 182 Å². The number of benzene rings is 1. The number of methoxy groups -OCH3 is 1. The van der Waals surface area contributed by atoms with Crippen LogP contribution in [0.5, 0.6) is 11.5 Å². The van der Waals surface area contributed by atoms with Gasteiger partial charge in [-0.3, -0.25) is 4.79 Å². The predicted molar refractivity (Wildman–Crippen MR) is 118 cm³/mol. The third-order valence-electron chi connectivity index (χ3n) is 6.11. The summed E-state index contributed by atoms with van der Waals surface area (Å²) in [7, 11) is 1.61. The van der Waals surface area contributed by atoms with E-state index in [1.54, 1.807) is 24.5 Å². The van der Waals surface area contributed by atoms with Crippen LogP contribution in [0.3, 0.4) is 0 Å². The van der Waals surface area contributed by atoms with E-state index in [1.807, 2.05) is 24.4 Å². The quantitative estimate of drug-likeness (QED) is 0.715. The second-order valence-corrected chi connectivity index (χ2v) is 9.16. The lowest BCUT2D eigenvalue weighted by atomic mass is 10.0. The fourth-order valence-electron chi connectivity index (χ4n) is 4.46. The van der Waals surface area contributed by atoms with Crippen LogP contribution in [-0.2, 0) is 6.54 Å². The van der Waals surface area contributed by atoms with Crippen molar-refractivity contribution in [2.75, 3.05) is 20.2 Å². The average molecular weight is 430 g/mol. The maximum Gasteiger partial charge on any atom is 0.255 e. The molecule has 1 aromatic heterocycles. The first-order valence-electron chi connectivity index (χ1n) is 10.9. The summed E-state index contributed by atoms with van der Waals surface area (Å²) >= 11 is 1.55. The van der Waals surface area contributed by atoms with E-state index in [4.69, 9.17) is 9.47 Å². The molecule has 7 heteroatoms. The van der Waals surface area contributed by atoms with Gasteiger partial charge in [0.2, 0.25) is 0 Å². The molecular weight excluding hydrogens is 398 g/mol. The van der Waals surface area contributed by atoms with Crippen LogP contribution in [0.25, 0.3) is 0 Å². The Morgan fingerprint density at radius 3 is 2.67 bits per heavy atom. The lowest BCUT2D eigenvalue weighted by Gasteiger charge is -2.36. The summed E-state index contributed by atoms with van der Waals surface area (Å²) < 4.78 is 11.7. The van der Waals surface area contributed by atoms with Gasteiger partial charge >= 0.3 is 0 Å². The SMILES string of the molecule is COc1ccc(OC2CCN(C3CCCC3)CC2)c(C(=O)NCc2nc(C)cs2)c1. The van der Waals surface area contributed by atoms with E-state index in [0.29, 0.717) is 23.6 Å². The van der Waals surface area contributed by atoms with Crippen molar-refractivity contribution in [3.63, 3.8) is 0 Å². The Kier molecular flexibility index (Phi) is 6.89. The van der Waals surface area contributed by atoms with Gasteiger partial charge in [0, 0.05) is 30.2 Å². The van der Waals surface area contributed by atoms with Crippen molar-refractivity contribution < 1.29 is 14.3 Å². The predicted octanol–water partition coefficient (Wildman–Crippen LogP) is 4.18. The fraction of sp³-hybridized carbons (Fsp3) is 0.565. The number of ether oxygens (including phenoxy) is 2. The number of likely N-dealkylation sites (tertiary alicyclic amines) is 1. The molecule has 1 saturated heterocycles. The second kappa shape index (κ2) is 9.79. The first-order chi connectivity index (χ1) is 14.6. The third kappa shape index (κ3) is 5.13. The molecule has 1 amide bonds. The topological polar surface area (TPSA) is 63.7 Å². The third-order valence-corrected chi connectivity index (χ3v) is 7.08. The molecule has 30 heavy (non-hydrogen) atoms. The summed E-state index contributed by atoms with van der Waals surface area (Å²) in [6.45, 7) is 4.52. The molecular formula is C23H31N3O3S. The summed E-state index contributed by atoms with van der Waals surface area (Å²) in [5.74, 6) is 1.11. The Hall–Kier alpha value is -2.12. The Morgan fingerprint density at radius 2 is 2.00 bits per heavy atom. The number of carbonyl (C=O) groups excluding carboxylic acids is 1. The van der Waals surface area contributed by atoms with Crippen LogP contribution in [0.15, 0.2) is 23.6 Å². The van der Waals surface area contributed by atoms with Crippen LogP contribution in [0.1, 0.15) is 59.6 Å². The van der Waals surface area contributed by atoms with Crippen LogP contribution in [0.2, 0.25) is 0 Å². The molecule has 1 aliphatic heterocycles. The monoisotopic (exact) mass is 429 g/mol. The molecule has 162 valence electrons.